The van der Waals surface area contributed by atoms with Crippen LogP contribution >= 0.6 is 0 Å². The van der Waals surface area contributed by atoms with Crippen LogP contribution in [0.3, 0.4) is 0 Å². The third-order valence-electron chi connectivity index (χ3n) is 2.95. The summed E-state index contributed by atoms with van der Waals surface area (Å²) in [6, 6.07) is 15.7. The molecule has 19 heavy (non-hydrogen) atoms. The quantitative estimate of drug-likeness (QED) is 0.481. The lowest BCUT2D eigenvalue weighted by molar-refractivity contribution is -0.117. The maximum Gasteiger partial charge on any atom is 0.379 e. The Morgan fingerprint density at radius 1 is 0.789 bits per heavy atom. The zero-order valence-corrected chi connectivity index (χ0v) is 10.6. The van der Waals surface area contributed by atoms with Crippen LogP contribution in [-0.2, 0) is 0 Å². The normalized spacial score (nSPS) is 9.47. The first-order valence-corrected chi connectivity index (χ1v) is 5.98. The van der Waals surface area contributed by atoms with Crippen molar-refractivity contribution in [3.05, 3.63) is 83.9 Å². The molecule has 0 radical (unpaired) electrons. The van der Waals surface area contributed by atoms with Crippen molar-refractivity contribution in [2.45, 2.75) is 0 Å². The average Bonchev–Trinajstić information content (AvgIpc) is 2.49. The van der Waals surface area contributed by atoms with Crippen molar-refractivity contribution in [1.29, 1.82) is 5.53 Å². The van der Waals surface area contributed by atoms with Crippen LogP contribution in [-0.4, -0.2) is 10.5 Å². The van der Waals surface area contributed by atoms with Crippen molar-refractivity contribution in [2.75, 3.05) is 0 Å². The van der Waals surface area contributed by atoms with Crippen LogP contribution in [0.25, 0.3) is 12.2 Å². The number of nitrogens with zero attached hydrogens (tertiary/aromatic N) is 1. The first kappa shape index (κ1) is 12.7. The molecular formula is C17H15N2+. The van der Waals surface area contributed by atoms with E-state index >= 15 is 0 Å². The highest BCUT2D eigenvalue weighted by Gasteiger charge is 2.17. The van der Waals surface area contributed by atoms with Gasteiger partial charge in [-0.15, -0.1) is 0 Å². The van der Waals surface area contributed by atoms with Crippen molar-refractivity contribution >= 4 is 17.9 Å². The predicted molar refractivity (Wildman–Crippen MR) is 79.3 cm³/mol. The van der Waals surface area contributed by atoms with Crippen LogP contribution in [0, 0.1) is 5.53 Å². The highest BCUT2D eigenvalue weighted by Crippen LogP contribution is 2.13. The fourth-order valence-electron chi connectivity index (χ4n) is 1.85. The molecule has 0 atom stereocenters. The van der Waals surface area contributed by atoms with Crippen LogP contribution in [0.15, 0.2) is 61.7 Å². The predicted octanol–water partition coefficient (Wildman–Crippen LogP) is 4.05. The van der Waals surface area contributed by atoms with Crippen LogP contribution in [0.5, 0.6) is 0 Å². The molecule has 2 aromatic carbocycles. The molecule has 92 valence electrons. The van der Waals surface area contributed by atoms with Crippen molar-refractivity contribution in [3.8, 4) is 0 Å². The Bertz CT molecular complexity index is 589. The van der Waals surface area contributed by atoms with E-state index in [2.05, 4.69) is 17.9 Å². The molecule has 0 unspecified atom stereocenters. The van der Waals surface area contributed by atoms with Crippen LogP contribution in [0.4, 0.5) is 0 Å². The first-order valence-electron chi connectivity index (χ1n) is 5.98. The summed E-state index contributed by atoms with van der Waals surface area (Å²) in [5.41, 5.74) is 12.0. The van der Waals surface area contributed by atoms with Gasteiger partial charge in [-0.25, -0.2) is 0 Å². The monoisotopic (exact) mass is 247 g/mol. The molecule has 0 amide bonds. The van der Waals surface area contributed by atoms with Gasteiger partial charge in [-0.2, -0.15) is 0 Å². The summed E-state index contributed by atoms with van der Waals surface area (Å²) in [6.45, 7) is 7.45. The molecule has 0 aliphatic carbocycles. The topological polar surface area (TPSA) is 38.0 Å². The van der Waals surface area contributed by atoms with Crippen LogP contribution in [0.2, 0.25) is 0 Å². The SMILES string of the molecule is C=Cc1ccc(C(=[N+]=N)c2ccc(C=C)cc2)cc1. The fourth-order valence-corrected chi connectivity index (χ4v) is 1.85. The van der Waals surface area contributed by atoms with Crippen LogP contribution in [0.1, 0.15) is 22.3 Å². The minimum absolute atomic E-state index is 0.659. The molecule has 0 spiro atoms. The minimum atomic E-state index is 0.659. The van der Waals surface area contributed by atoms with Gasteiger partial charge in [0.15, 0.2) is 0 Å². The summed E-state index contributed by atoms with van der Waals surface area (Å²) < 4.78 is 0. The third kappa shape index (κ3) is 2.76. The molecule has 0 saturated carbocycles. The molecule has 0 saturated heterocycles. The van der Waals surface area contributed by atoms with Crippen molar-refractivity contribution in [2.24, 2.45) is 0 Å². The second-order valence-electron chi connectivity index (χ2n) is 4.11. The van der Waals surface area contributed by atoms with Crippen molar-refractivity contribution < 1.29 is 4.79 Å². The van der Waals surface area contributed by atoms with E-state index in [1.165, 1.54) is 0 Å². The van der Waals surface area contributed by atoms with E-state index in [4.69, 9.17) is 5.53 Å². The second kappa shape index (κ2) is 5.76. The molecule has 2 heteroatoms. The highest BCUT2D eigenvalue weighted by atomic mass is 14.9. The number of hydrogen-bond donors (Lipinski definition) is 1. The standard InChI is InChI=1S/C17H15N2/c1-3-13-5-9-15(10-6-13)17(19-18)16-11-7-14(4-2)8-12-16/h3-12,18H,1-2H2/q+1. The van der Waals surface area contributed by atoms with Crippen LogP contribution < -0.4 is 0 Å². The molecular weight excluding hydrogens is 232 g/mol. The summed E-state index contributed by atoms with van der Waals surface area (Å²) in [6.07, 6.45) is 3.58. The van der Waals surface area contributed by atoms with E-state index in [0.717, 1.165) is 22.3 Å². The summed E-state index contributed by atoms with van der Waals surface area (Å²) in [7, 11) is 0. The van der Waals surface area contributed by atoms with Gasteiger partial charge in [0.2, 0.25) is 0 Å². The van der Waals surface area contributed by atoms with Gasteiger partial charge in [-0.05, 0) is 35.4 Å². The molecule has 0 fully saturated rings. The Kier molecular flexibility index (Phi) is 3.87. The molecule has 0 heterocycles. The van der Waals surface area contributed by atoms with Gasteiger partial charge >= 0.3 is 5.71 Å². The average molecular weight is 247 g/mol. The molecule has 0 aromatic heterocycles. The van der Waals surface area contributed by atoms with E-state index in [-0.39, 0.29) is 0 Å². The Morgan fingerprint density at radius 2 is 1.16 bits per heavy atom. The zero-order chi connectivity index (χ0) is 13.7. The molecule has 1 N–H and O–H groups in total. The van der Waals surface area contributed by atoms with E-state index < -0.39 is 0 Å². The van der Waals surface area contributed by atoms with E-state index in [1.807, 2.05) is 48.5 Å². The van der Waals surface area contributed by atoms with Gasteiger partial charge in [-0.3, -0.25) is 0 Å². The lowest BCUT2D eigenvalue weighted by atomic mass is 10.00. The molecule has 0 aliphatic rings. The maximum absolute atomic E-state index is 7.38. The van der Waals surface area contributed by atoms with Gasteiger partial charge in [0.05, 0.1) is 21.4 Å². The number of benzene rings is 2. The summed E-state index contributed by atoms with van der Waals surface area (Å²) in [5.74, 6) is 0. The van der Waals surface area contributed by atoms with E-state index in [9.17, 15) is 0 Å². The third-order valence-corrected chi connectivity index (χ3v) is 2.95. The fraction of sp³-hybridized carbons (Fsp3) is 0. The van der Waals surface area contributed by atoms with Gasteiger partial charge in [0, 0.05) is 0 Å². The van der Waals surface area contributed by atoms with E-state index in [1.54, 1.807) is 12.2 Å². The first-order chi connectivity index (χ1) is 9.28. The zero-order valence-electron chi connectivity index (χ0n) is 10.6. The molecule has 2 aromatic rings. The Morgan fingerprint density at radius 3 is 1.42 bits per heavy atom. The second-order valence-corrected chi connectivity index (χ2v) is 4.11. The molecule has 2 rings (SSSR count). The Labute approximate surface area is 113 Å². The highest BCUT2D eigenvalue weighted by molar-refractivity contribution is 6.09. The van der Waals surface area contributed by atoms with Gasteiger partial charge in [-0.1, -0.05) is 49.6 Å². The smallest absolute Gasteiger partial charge is 0.0985 e. The van der Waals surface area contributed by atoms with Gasteiger partial charge in [0.25, 0.3) is 0 Å². The number of hydrogen-bond acceptors (Lipinski definition) is 1. The molecule has 0 bridgehead atoms. The molecule has 2 nitrogen and oxygen atoms in total. The lowest BCUT2D eigenvalue weighted by Gasteiger charge is -1.98. The Hall–Kier alpha value is -2.70. The summed E-state index contributed by atoms with van der Waals surface area (Å²) in [4.78, 5) is 3.65. The maximum atomic E-state index is 7.38. The Balaban J connectivity index is 2.40. The van der Waals surface area contributed by atoms with Crippen molar-refractivity contribution in [1.82, 2.24) is 0 Å². The summed E-state index contributed by atoms with van der Waals surface area (Å²) in [5, 5.41) is 0. The minimum Gasteiger partial charge on any atom is -0.0985 e. The largest absolute Gasteiger partial charge is 0.379 e. The van der Waals surface area contributed by atoms with Gasteiger partial charge < -0.3 is 0 Å². The number of rotatable bonds is 4. The van der Waals surface area contributed by atoms with Gasteiger partial charge in [0.1, 0.15) is 0 Å². The van der Waals surface area contributed by atoms with Crippen molar-refractivity contribution in [3.63, 3.8) is 0 Å². The number of nitrogens with one attached hydrogen (secondary N) is 1. The lowest BCUT2D eigenvalue weighted by Crippen LogP contribution is -2.04. The summed E-state index contributed by atoms with van der Waals surface area (Å²) >= 11 is 0. The van der Waals surface area contributed by atoms with E-state index in [0.29, 0.717) is 5.71 Å². The molecule has 0 aliphatic heterocycles.